The molecule has 20 heteroatoms. The van der Waals surface area contributed by atoms with E-state index in [1.165, 1.54) is 29.5 Å². The van der Waals surface area contributed by atoms with Gasteiger partial charge in [-0.1, -0.05) is 72.8 Å². The monoisotopic (exact) mass is 1380 g/mol. The van der Waals surface area contributed by atoms with Crippen molar-refractivity contribution in [2.75, 3.05) is 110 Å². The van der Waals surface area contributed by atoms with Crippen LogP contribution in [0, 0.1) is 0 Å². The standard InChI is InChI=1S/C35H40N4O4.C30H32N4O2.C17H21N3O3/c1-35(2,3)43-34(41)37-31-12-11-26(24-7-5-4-6-8-24)19-27(31)22-32(40)28-20-29-23-36-39(14-13-38-15-17-42-18-16-38)33(29)30(21-28)25-9-10-25;31-28-9-8-23(21-4-2-1-3-5-21)16-24(28)19-29(35)25-17-26-20-32-34(11-10-33-12-14-36-15-13-33)30(26)27(18-25)22-6-7-22;21-17(22)13-9-14-11-18-20(4-3-19-5-7-23-8-6-19)16(14)15(10-13)12-1-2-12/h4-8,11-12,19-21,23,25H,9-10,13-18,22H2,1-3H3,(H,37,41);1-5,8-9,16-18,20,22H,6-7,10-15,19,31H2;9-12H,1-8H2,(H,21,22). The Bertz CT molecular complexity index is 4620. The SMILES string of the molecule is CC(C)(C)OC(=O)Nc1ccc(-c2ccccc2)cc1CC(=O)c1cc(C2CC2)c2c(cnn2CCN2CCOCC2)c1.Nc1ccc(-c2ccccc2)cc1CC(=O)c1cc(C2CC2)c2c(cnn2CCN2CCOCC2)c1.O=C(O)c1cc(C2CC2)c2c(cnn2CCN2CCOCC2)c1. The average molecular weight is 1380 g/mol. The highest BCUT2D eigenvalue weighted by Gasteiger charge is 2.32. The molecule has 0 atom stereocenters. The van der Waals surface area contributed by atoms with Crippen molar-refractivity contribution >= 4 is 67.7 Å². The average Bonchev–Trinajstić information content (AvgIpc) is 1.61. The summed E-state index contributed by atoms with van der Waals surface area (Å²) in [5.41, 5.74) is 21.6. The fourth-order valence-corrected chi connectivity index (χ4v) is 14.3. The Morgan fingerprint density at radius 3 is 1.24 bits per heavy atom. The van der Waals surface area contributed by atoms with E-state index >= 15 is 0 Å². The number of nitrogen functional groups attached to an aromatic ring is 1. The Morgan fingerprint density at radius 1 is 0.471 bits per heavy atom. The van der Waals surface area contributed by atoms with E-state index in [0.29, 0.717) is 40.3 Å². The van der Waals surface area contributed by atoms with Crippen LogP contribution in [0.1, 0.15) is 136 Å². The fraction of sp³-hybridized carbons (Fsp3) is 0.402. The molecule has 6 fully saturated rings. The van der Waals surface area contributed by atoms with Gasteiger partial charge in [0.25, 0.3) is 0 Å². The van der Waals surface area contributed by atoms with E-state index in [0.717, 1.165) is 216 Å². The first-order valence-corrected chi connectivity index (χ1v) is 36.4. The molecule has 3 aromatic heterocycles. The molecule has 3 aliphatic heterocycles. The van der Waals surface area contributed by atoms with Gasteiger partial charge in [0.2, 0.25) is 0 Å². The van der Waals surface area contributed by atoms with E-state index in [2.05, 4.69) is 58.7 Å². The van der Waals surface area contributed by atoms with Gasteiger partial charge in [0.15, 0.2) is 11.6 Å². The third-order valence-corrected chi connectivity index (χ3v) is 20.2. The molecule has 16 rings (SSSR count). The number of aromatic nitrogens is 6. The summed E-state index contributed by atoms with van der Waals surface area (Å²) in [6.07, 6.45) is 12.4. The Balaban J connectivity index is 0.000000135. The summed E-state index contributed by atoms with van der Waals surface area (Å²) in [5, 5.41) is 29.2. The zero-order chi connectivity index (χ0) is 70.3. The van der Waals surface area contributed by atoms with Gasteiger partial charge in [-0.2, -0.15) is 15.3 Å². The summed E-state index contributed by atoms with van der Waals surface area (Å²) < 4.78 is 28.1. The largest absolute Gasteiger partial charge is 0.478 e. The molecule has 0 radical (unpaired) electrons. The number of ketones is 2. The van der Waals surface area contributed by atoms with E-state index in [-0.39, 0.29) is 24.4 Å². The molecule has 102 heavy (non-hydrogen) atoms. The van der Waals surface area contributed by atoms with Crippen molar-refractivity contribution in [1.29, 1.82) is 0 Å². The third-order valence-electron chi connectivity index (χ3n) is 20.2. The lowest BCUT2D eigenvalue weighted by atomic mass is 9.94. The summed E-state index contributed by atoms with van der Waals surface area (Å²) in [6, 6.07) is 43.8. The van der Waals surface area contributed by atoms with Gasteiger partial charge < -0.3 is 29.8 Å². The number of hydrogen-bond donors (Lipinski definition) is 3. The first-order valence-electron chi connectivity index (χ1n) is 36.4. The number of carboxylic acid groups (broad SMARTS) is 1. The van der Waals surface area contributed by atoms with Crippen LogP contribution in [0.2, 0.25) is 0 Å². The Hall–Kier alpha value is -9.41. The lowest BCUT2D eigenvalue weighted by molar-refractivity contribution is 0.0361. The minimum absolute atomic E-state index is 0.00215. The van der Waals surface area contributed by atoms with Crippen molar-refractivity contribution in [2.24, 2.45) is 0 Å². The molecule has 10 aromatic rings. The molecule has 4 N–H and O–H groups in total. The van der Waals surface area contributed by atoms with Crippen molar-refractivity contribution in [3.8, 4) is 22.3 Å². The van der Waals surface area contributed by atoms with Crippen LogP contribution in [0.5, 0.6) is 0 Å². The van der Waals surface area contributed by atoms with Gasteiger partial charge in [0, 0.05) is 110 Å². The molecule has 3 saturated heterocycles. The topological polar surface area (TPSA) is 227 Å². The molecule has 3 aliphatic carbocycles. The molecule has 20 nitrogen and oxygen atoms in total. The summed E-state index contributed by atoms with van der Waals surface area (Å²) in [7, 11) is 0. The summed E-state index contributed by atoms with van der Waals surface area (Å²) >= 11 is 0. The molecule has 7 aromatic carbocycles. The fourth-order valence-electron chi connectivity index (χ4n) is 14.3. The van der Waals surface area contributed by atoms with Gasteiger partial charge in [0.1, 0.15) is 5.60 Å². The van der Waals surface area contributed by atoms with Gasteiger partial charge in [0.05, 0.1) is 100.0 Å². The van der Waals surface area contributed by atoms with Crippen molar-refractivity contribution in [1.82, 2.24) is 44.0 Å². The second kappa shape index (κ2) is 31.5. The molecule has 6 heterocycles. The van der Waals surface area contributed by atoms with Crippen LogP contribution in [0.4, 0.5) is 16.2 Å². The predicted octanol–water partition coefficient (Wildman–Crippen LogP) is 13.5. The number of fused-ring (bicyclic) bond motifs is 3. The van der Waals surface area contributed by atoms with Gasteiger partial charge in [-0.3, -0.25) is 43.7 Å². The Morgan fingerprint density at radius 2 is 0.843 bits per heavy atom. The molecule has 3 saturated carbocycles. The number of amides is 1. The third kappa shape index (κ3) is 17.4. The van der Waals surface area contributed by atoms with Crippen LogP contribution in [-0.2, 0) is 51.4 Å². The number of nitrogens with zero attached hydrogens (tertiary/aromatic N) is 9. The zero-order valence-corrected chi connectivity index (χ0v) is 58.9. The van der Waals surface area contributed by atoms with Crippen LogP contribution < -0.4 is 11.1 Å². The highest BCUT2D eigenvalue weighted by molar-refractivity contribution is 6.04. The quantitative estimate of drug-likeness (QED) is 0.0423. The van der Waals surface area contributed by atoms with Crippen LogP contribution in [0.15, 0.2) is 152 Å². The lowest BCUT2D eigenvalue weighted by Gasteiger charge is -2.26. The van der Waals surface area contributed by atoms with E-state index < -0.39 is 17.7 Å². The number of morpholine rings is 3. The molecule has 0 unspecified atom stereocenters. The normalized spacial score (nSPS) is 16.9. The number of carbonyl (C=O) groups is 4. The number of ether oxygens (including phenoxy) is 4. The first kappa shape index (κ1) is 69.7. The van der Waals surface area contributed by atoms with Gasteiger partial charge in [-0.25, -0.2) is 9.59 Å². The zero-order valence-electron chi connectivity index (χ0n) is 58.9. The lowest BCUT2D eigenvalue weighted by Crippen LogP contribution is -2.38. The van der Waals surface area contributed by atoms with E-state index in [1.54, 1.807) is 12.3 Å². The number of anilines is 2. The van der Waals surface area contributed by atoms with Crippen LogP contribution in [0.25, 0.3) is 55.0 Å². The second-order valence-corrected chi connectivity index (χ2v) is 28.9. The second-order valence-electron chi connectivity index (χ2n) is 28.9. The van der Waals surface area contributed by atoms with E-state index in [1.807, 2.05) is 141 Å². The Labute approximate surface area is 595 Å². The number of benzene rings is 7. The van der Waals surface area contributed by atoms with Gasteiger partial charge in [-0.15, -0.1) is 0 Å². The molecular weight excluding hydrogens is 1280 g/mol. The van der Waals surface area contributed by atoms with Crippen molar-refractivity contribution in [3.63, 3.8) is 0 Å². The molecule has 1 amide bonds. The van der Waals surface area contributed by atoms with Crippen molar-refractivity contribution in [2.45, 2.75) is 115 Å². The van der Waals surface area contributed by atoms with Crippen molar-refractivity contribution < 1.29 is 43.2 Å². The molecule has 0 spiro atoms. The molecule has 530 valence electrons. The number of rotatable bonds is 22. The number of nitrogens with two attached hydrogens (primary N) is 1. The number of hydrogen-bond acceptors (Lipinski definition) is 15. The molecule has 0 bridgehead atoms. The minimum Gasteiger partial charge on any atom is -0.478 e. The minimum atomic E-state index is -0.866. The molecular formula is C82H93N11O9. The van der Waals surface area contributed by atoms with Crippen LogP contribution in [-0.4, -0.2) is 177 Å². The summed E-state index contributed by atoms with van der Waals surface area (Å²) in [4.78, 5) is 58.7. The smallest absolute Gasteiger partial charge is 0.412 e. The van der Waals surface area contributed by atoms with E-state index in [4.69, 9.17) is 34.9 Å². The van der Waals surface area contributed by atoms with Gasteiger partial charge >= 0.3 is 12.1 Å². The number of nitrogens with one attached hydrogen (secondary N) is 1. The maximum atomic E-state index is 13.9. The highest BCUT2D eigenvalue weighted by Crippen LogP contribution is 2.46. The Kier molecular flexibility index (Phi) is 21.5. The highest BCUT2D eigenvalue weighted by atomic mass is 16.6. The summed E-state index contributed by atoms with van der Waals surface area (Å²) in [5.74, 6) is 0.704. The van der Waals surface area contributed by atoms with Crippen molar-refractivity contribution in [3.05, 3.63) is 197 Å². The number of carboxylic acids is 1. The van der Waals surface area contributed by atoms with E-state index in [9.17, 15) is 24.3 Å². The number of aromatic carboxylic acids is 1. The van der Waals surface area contributed by atoms with Crippen LogP contribution >= 0.6 is 0 Å². The number of Topliss-reactive ketones (excluding diaryl/α,β-unsaturated/α-hetero) is 2. The van der Waals surface area contributed by atoms with Crippen LogP contribution in [0.3, 0.4) is 0 Å². The predicted molar refractivity (Wildman–Crippen MR) is 398 cm³/mol. The number of carbonyl (C=O) groups excluding carboxylic acids is 3. The first-order chi connectivity index (χ1) is 49.6. The van der Waals surface area contributed by atoms with Gasteiger partial charge in [-0.05, 0) is 188 Å². The molecule has 6 aliphatic rings. The maximum absolute atomic E-state index is 13.9. The summed E-state index contributed by atoms with van der Waals surface area (Å²) in [6.45, 7) is 21.4. The maximum Gasteiger partial charge on any atom is 0.412 e.